The van der Waals surface area contributed by atoms with Gasteiger partial charge in [-0.1, -0.05) is 30.9 Å². The van der Waals surface area contributed by atoms with E-state index >= 15 is 0 Å². The summed E-state index contributed by atoms with van der Waals surface area (Å²) in [6, 6.07) is 5.81. The van der Waals surface area contributed by atoms with Gasteiger partial charge in [0.05, 0.1) is 16.7 Å². The summed E-state index contributed by atoms with van der Waals surface area (Å²) in [5, 5.41) is 12.1. The minimum Gasteiger partial charge on any atom is -0.334 e. The highest BCUT2D eigenvalue weighted by Crippen LogP contribution is 2.28. The fourth-order valence-corrected chi connectivity index (χ4v) is 2.63. The SMILES string of the molecule is N#CC1(NC(=O)c2ccc(F)cc2Cl)CCCCC1. The van der Waals surface area contributed by atoms with Crippen molar-refractivity contribution in [3.63, 3.8) is 0 Å². The molecular weight excluding hydrogens is 267 g/mol. The van der Waals surface area contributed by atoms with Crippen LogP contribution in [0, 0.1) is 17.1 Å². The van der Waals surface area contributed by atoms with Crippen LogP contribution in [0.3, 0.4) is 0 Å². The zero-order chi connectivity index (χ0) is 13.9. The average Bonchev–Trinajstić information content (AvgIpc) is 2.39. The molecule has 1 aromatic carbocycles. The molecule has 1 aromatic rings. The monoisotopic (exact) mass is 280 g/mol. The van der Waals surface area contributed by atoms with Crippen LogP contribution in [-0.2, 0) is 0 Å². The molecule has 2 rings (SSSR count). The molecule has 1 amide bonds. The Morgan fingerprint density at radius 1 is 1.37 bits per heavy atom. The Kier molecular flexibility index (Phi) is 4.06. The first kappa shape index (κ1) is 13.8. The molecule has 0 radical (unpaired) electrons. The normalized spacial score (nSPS) is 17.5. The molecule has 1 aliphatic rings. The molecule has 1 fully saturated rings. The number of rotatable bonds is 2. The number of nitriles is 1. The molecule has 0 unspecified atom stereocenters. The van der Waals surface area contributed by atoms with E-state index in [0.29, 0.717) is 12.8 Å². The van der Waals surface area contributed by atoms with Crippen LogP contribution in [0.1, 0.15) is 42.5 Å². The predicted octanol–water partition coefficient (Wildman–Crippen LogP) is 3.44. The summed E-state index contributed by atoms with van der Waals surface area (Å²) >= 11 is 5.85. The van der Waals surface area contributed by atoms with Crippen molar-refractivity contribution in [2.75, 3.05) is 0 Å². The van der Waals surface area contributed by atoms with Gasteiger partial charge in [-0.2, -0.15) is 5.26 Å². The summed E-state index contributed by atoms with van der Waals surface area (Å²) in [5.74, 6) is -0.914. The Bertz CT molecular complexity index is 533. The lowest BCUT2D eigenvalue weighted by molar-refractivity contribution is 0.0903. The zero-order valence-electron chi connectivity index (χ0n) is 10.4. The minimum absolute atomic E-state index is 0.0569. The highest BCUT2D eigenvalue weighted by Gasteiger charge is 2.34. The maximum atomic E-state index is 12.9. The number of benzene rings is 1. The van der Waals surface area contributed by atoms with Gasteiger partial charge < -0.3 is 5.32 Å². The van der Waals surface area contributed by atoms with Crippen LogP contribution in [0.25, 0.3) is 0 Å². The highest BCUT2D eigenvalue weighted by atomic mass is 35.5. The smallest absolute Gasteiger partial charge is 0.254 e. The highest BCUT2D eigenvalue weighted by molar-refractivity contribution is 6.33. The molecule has 0 aromatic heterocycles. The second kappa shape index (κ2) is 5.58. The van der Waals surface area contributed by atoms with Crippen molar-refractivity contribution >= 4 is 17.5 Å². The van der Waals surface area contributed by atoms with Crippen LogP contribution < -0.4 is 5.32 Å². The first-order valence-corrected chi connectivity index (χ1v) is 6.63. The van der Waals surface area contributed by atoms with E-state index in [2.05, 4.69) is 11.4 Å². The Morgan fingerprint density at radius 2 is 2.05 bits per heavy atom. The molecule has 0 aliphatic heterocycles. The molecule has 5 heteroatoms. The van der Waals surface area contributed by atoms with Crippen LogP contribution in [-0.4, -0.2) is 11.4 Å². The Labute approximate surface area is 116 Å². The molecule has 0 heterocycles. The Hall–Kier alpha value is -1.60. The first-order chi connectivity index (χ1) is 9.06. The third-order valence-corrected chi connectivity index (χ3v) is 3.76. The molecule has 1 aliphatic carbocycles. The van der Waals surface area contributed by atoms with Gasteiger partial charge in [0.15, 0.2) is 0 Å². The van der Waals surface area contributed by atoms with Gasteiger partial charge in [0.1, 0.15) is 11.4 Å². The van der Waals surface area contributed by atoms with Crippen molar-refractivity contribution in [3.05, 3.63) is 34.6 Å². The Morgan fingerprint density at radius 3 is 2.63 bits per heavy atom. The van der Waals surface area contributed by atoms with Gasteiger partial charge in [-0.25, -0.2) is 4.39 Å². The van der Waals surface area contributed by atoms with E-state index in [9.17, 15) is 14.4 Å². The summed E-state index contributed by atoms with van der Waals surface area (Å²) in [6.07, 6.45) is 4.22. The molecule has 3 nitrogen and oxygen atoms in total. The maximum Gasteiger partial charge on any atom is 0.254 e. The number of nitrogens with zero attached hydrogens (tertiary/aromatic N) is 1. The lowest BCUT2D eigenvalue weighted by atomic mass is 9.82. The van der Waals surface area contributed by atoms with Crippen LogP contribution in [0.15, 0.2) is 18.2 Å². The summed E-state index contributed by atoms with van der Waals surface area (Å²) in [4.78, 5) is 12.1. The lowest BCUT2D eigenvalue weighted by Crippen LogP contribution is -2.48. The largest absolute Gasteiger partial charge is 0.334 e. The van der Waals surface area contributed by atoms with Gasteiger partial charge in [-0.3, -0.25) is 4.79 Å². The fraction of sp³-hybridized carbons (Fsp3) is 0.429. The van der Waals surface area contributed by atoms with Gasteiger partial charge in [0.2, 0.25) is 0 Å². The van der Waals surface area contributed by atoms with Crippen LogP contribution in [0.5, 0.6) is 0 Å². The summed E-state index contributed by atoms with van der Waals surface area (Å²) in [5.41, 5.74) is -0.615. The van der Waals surface area contributed by atoms with E-state index < -0.39 is 17.3 Å². The zero-order valence-corrected chi connectivity index (χ0v) is 11.1. The number of hydrogen-bond acceptors (Lipinski definition) is 2. The summed E-state index contributed by atoms with van der Waals surface area (Å²) in [7, 11) is 0. The van der Waals surface area contributed by atoms with E-state index in [1.165, 1.54) is 12.1 Å². The van der Waals surface area contributed by atoms with Gasteiger partial charge in [0, 0.05) is 0 Å². The van der Waals surface area contributed by atoms with Crippen molar-refractivity contribution in [1.29, 1.82) is 5.26 Å². The summed E-state index contributed by atoms with van der Waals surface area (Å²) < 4.78 is 12.9. The van der Waals surface area contributed by atoms with Crippen LogP contribution in [0.2, 0.25) is 5.02 Å². The topological polar surface area (TPSA) is 52.9 Å². The molecule has 0 bridgehead atoms. The molecular formula is C14H14ClFN2O. The second-order valence-electron chi connectivity index (χ2n) is 4.83. The number of hydrogen-bond donors (Lipinski definition) is 1. The number of amides is 1. The quantitative estimate of drug-likeness (QED) is 0.902. The molecule has 100 valence electrons. The van der Waals surface area contributed by atoms with Crippen molar-refractivity contribution in [3.8, 4) is 6.07 Å². The van der Waals surface area contributed by atoms with Gasteiger partial charge in [-0.15, -0.1) is 0 Å². The maximum absolute atomic E-state index is 12.9. The van der Waals surface area contributed by atoms with Gasteiger partial charge >= 0.3 is 0 Å². The van der Waals surface area contributed by atoms with Crippen molar-refractivity contribution in [1.82, 2.24) is 5.32 Å². The van der Waals surface area contributed by atoms with Crippen LogP contribution >= 0.6 is 11.6 Å². The third kappa shape index (κ3) is 3.05. The standard InChI is InChI=1S/C14H14ClFN2O/c15-12-8-10(16)4-5-11(12)13(19)18-14(9-17)6-2-1-3-7-14/h4-5,8H,1-3,6-7H2,(H,18,19). The van der Waals surface area contributed by atoms with E-state index in [1.807, 2.05) is 0 Å². The number of halogens is 2. The number of carbonyl (C=O) groups is 1. The molecule has 19 heavy (non-hydrogen) atoms. The Balaban J connectivity index is 2.18. The van der Waals surface area contributed by atoms with Crippen molar-refractivity contribution in [2.24, 2.45) is 0 Å². The summed E-state index contributed by atoms with van der Waals surface area (Å²) in [6.45, 7) is 0. The predicted molar refractivity (Wildman–Crippen MR) is 70.3 cm³/mol. The van der Waals surface area contributed by atoms with E-state index in [-0.39, 0.29) is 10.6 Å². The van der Waals surface area contributed by atoms with Crippen molar-refractivity contribution < 1.29 is 9.18 Å². The van der Waals surface area contributed by atoms with Gasteiger partial charge in [-0.05, 0) is 31.0 Å². The molecule has 0 atom stereocenters. The number of carbonyl (C=O) groups excluding carboxylic acids is 1. The average molecular weight is 281 g/mol. The molecule has 1 saturated carbocycles. The lowest BCUT2D eigenvalue weighted by Gasteiger charge is -2.31. The molecule has 0 spiro atoms. The third-order valence-electron chi connectivity index (χ3n) is 3.45. The fourth-order valence-electron chi connectivity index (χ4n) is 2.38. The molecule has 1 N–H and O–H groups in total. The van der Waals surface area contributed by atoms with E-state index in [4.69, 9.17) is 11.6 Å². The van der Waals surface area contributed by atoms with Crippen LogP contribution in [0.4, 0.5) is 4.39 Å². The first-order valence-electron chi connectivity index (χ1n) is 6.25. The van der Waals surface area contributed by atoms with E-state index in [0.717, 1.165) is 25.3 Å². The van der Waals surface area contributed by atoms with Crippen molar-refractivity contribution in [2.45, 2.75) is 37.6 Å². The van der Waals surface area contributed by atoms with Gasteiger partial charge in [0.25, 0.3) is 5.91 Å². The minimum atomic E-state index is -0.812. The van der Waals surface area contributed by atoms with E-state index in [1.54, 1.807) is 0 Å². The number of nitrogens with one attached hydrogen (secondary N) is 1. The molecule has 0 saturated heterocycles. The second-order valence-corrected chi connectivity index (χ2v) is 5.24.